The minimum atomic E-state index is 0.490. The van der Waals surface area contributed by atoms with Gasteiger partial charge in [-0.25, -0.2) is 0 Å². The molecule has 3 heteroatoms. The van der Waals surface area contributed by atoms with Gasteiger partial charge in [0.15, 0.2) is 0 Å². The van der Waals surface area contributed by atoms with Gasteiger partial charge in [-0.2, -0.15) is 0 Å². The molecule has 1 aliphatic rings. The fourth-order valence-electron chi connectivity index (χ4n) is 2.91. The van der Waals surface area contributed by atoms with Gasteiger partial charge in [0.1, 0.15) is 0 Å². The van der Waals surface area contributed by atoms with Crippen LogP contribution >= 0.6 is 11.3 Å². The monoisotopic (exact) mass is 286 g/mol. The molecule has 1 heterocycles. The maximum absolute atomic E-state index is 3.70. The van der Waals surface area contributed by atoms with Crippen LogP contribution in [0.1, 0.15) is 34.9 Å². The average molecular weight is 286 g/mol. The lowest BCUT2D eigenvalue weighted by molar-refractivity contribution is 0.402. The zero-order chi connectivity index (χ0) is 13.9. The Morgan fingerprint density at radius 2 is 2.00 bits per heavy atom. The number of fused-ring (bicyclic) bond motifs is 1. The Hall–Kier alpha value is -1.32. The number of thiophene rings is 1. The summed E-state index contributed by atoms with van der Waals surface area (Å²) in [5.41, 5.74) is 4.11. The smallest absolute Gasteiger partial charge is 0.0524 e. The standard InChI is InChI=1S/C17H22N2S/c1-19(2)12-13-6-8-14(9-7-13)18-16-4-3-5-17-15(16)10-11-20-17/h6-11,16,18H,3-5,12H2,1-2H3. The van der Waals surface area contributed by atoms with Crippen LogP contribution in [0.5, 0.6) is 0 Å². The summed E-state index contributed by atoms with van der Waals surface area (Å²) in [6.45, 7) is 0.998. The Morgan fingerprint density at radius 3 is 2.75 bits per heavy atom. The molecule has 3 rings (SSSR count). The summed E-state index contributed by atoms with van der Waals surface area (Å²) in [5, 5.41) is 5.92. The Morgan fingerprint density at radius 1 is 1.20 bits per heavy atom. The minimum Gasteiger partial charge on any atom is -0.378 e. The maximum Gasteiger partial charge on any atom is 0.0524 e. The fraction of sp³-hybridized carbons (Fsp3) is 0.412. The highest BCUT2D eigenvalue weighted by Gasteiger charge is 2.20. The van der Waals surface area contributed by atoms with Gasteiger partial charge in [-0.05, 0) is 68.1 Å². The third kappa shape index (κ3) is 3.05. The van der Waals surface area contributed by atoms with E-state index < -0.39 is 0 Å². The molecule has 20 heavy (non-hydrogen) atoms. The predicted octanol–water partition coefficient (Wildman–Crippen LogP) is 4.30. The van der Waals surface area contributed by atoms with E-state index in [9.17, 15) is 0 Å². The second-order valence-corrected chi connectivity index (χ2v) is 6.82. The number of nitrogens with zero attached hydrogens (tertiary/aromatic N) is 1. The molecule has 0 fully saturated rings. The fourth-order valence-corrected chi connectivity index (χ4v) is 3.90. The van der Waals surface area contributed by atoms with Crippen LogP contribution in [0.3, 0.4) is 0 Å². The van der Waals surface area contributed by atoms with Crippen molar-refractivity contribution in [2.24, 2.45) is 0 Å². The zero-order valence-electron chi connectivity index (χ0n) is 12.2. The van der Waals surface area contributed by atoms with Crippen molar-refractivity contribution in [2.45, 2.75) is 31.8 Å². The summed E-state index contributed by atoms with van der Waals surface area (Å²) in [7, 11) is 4.21. The van der Waals surface area contributed by atoms with E-state index in [1.807, 2.05) is 11.3 Å². The Balaban J connectivity index is 1.70. The summed E-state index contributed by atoms with van der Waals surface area (Å²) in [6.07, 6.45) is 3.79. The van der Waals surface area contributed by atoms with E-state index in [-0.39, 0.29) is 0 Å². The summed E-state index contributed by atoms with van der Waals surface area (Å²) in [6, 6.07) is 11.6. The Labute approximate surface area is 125 Å². The van der Waals surface area contributed by atoms with E-state index in [4.69, 9.17) is 0 Å². The highest BCUT2D eigenvalue weighted by Crippen LogP contribution is 2.35. The van der Waals surface area contributed by atoms with E-state index in [1.165, 1.54) is 36.1 Å². The van der Waals surface area contributed by atoms with Crippen molar-refractivity contribution in [3.8, 4) is 0 Å². The van der Waals surface area contributed by atoms with Crippen molar-refractivity contribution in [2.75, 3.05) is 19.4 Å². The molecule has 1 aromatic heterocycles. The third-order valence-corrected chi connectivity index (χ3v) is 4.84. The molecule has 0 radical (unpaired) electrons. The second kappa shape index (κ2) is 5.98. The van der Waals surface area contributed by atoms with E-state index in [1.54, 1.807) is 4.88 Å². The van der Waals surface area contributed by atoms with E-state index in [2.05, 4.69) is 60.0 Å². The topological polar surface area (TPSA) is 15.3 Å². The van der Waals surface area contributed by atoms with Crippen LogP contribution in [-0.2, 0) is 13.0 Å². The molecule has 0 bridgehead atoms. The lowest BCUT2D eigenvalue weighted by Gasteiger charge is -2.25. The van der Waals surface area contributed by atoms with Crippen molar-refractivity contribution >= 4 is 17.0 Å². The summed E-state index contributed by atoms with van der Waals surface area (Å²) >= 11 is 1.90. The number of hydrogen-bond acceptors (Lipinski definition) is 3. The molecule has 2 nitrogen and oxygen atoms in total. The van der Waals surface area contributed by atoms with E-state index in [0.717, 1.165) is 6.54 Å². The first-order valence-electron chi connectivity index (χ1n) is 7.29. The zero-order valence-corrected chi connectivity index (χ0v) is 13.0. The lowest BCUT2D eigenvalue weighted by Crippen LogP contribution is -2.15. The number of hydrogen-bond donors (Lipinski definition) is 1. The van der Waals surface area contributed by atoms with Crippen molar-refractivity contribution in [3.05, 3.63) is 51.7 Å². The lowest BCUT2D eigenvalue weighted by atomic mass is 9.94. The van der Waals surface area contributed by atoms with Crippen LogP contribution in [0.4, 0.5) is 5.69 Å². The van der Waals surface area contributed by atoms with Gasteiger partial charge < -0.3 is 10.2 Å². The number of rotatable bonds is 4. The van der Waals surface area contributed by atoms with E-state index >= 15 is 0 Å². The van der Waals surface area contributed by atoms with Crippen LogP contribution in [0.25, 0.3) is 0 Å². The number of aryl methyl sites for hydroxylation is 1. The average Bonchev–Trinajstić information content (AvgIpc) is 2.90. The van der Waals surface area contributed by atoms with Crippen LogP contribution in [0.15, 0.2) is 35.7 Å². The van der Waals surface area contributed by atoms with Crippen LogP contribution < -0.4 is 5.32 Å². The SMILES string of the molecule is CN(C)Cc1ccc(NC2CCCc3sccc32)cc1. The van der Waals surface area contributed by atoms with Crippen molar-refractivity contribution in [3.63, 3.8) is 0 Å². The first kappa shape index (κ1) is 13.7. The van der Waals surface area contributed by atoms with Gasteiger partial charge in [-0.15, -0.1) is 11.3 Å². The third-order valence-electron chi connectivity index (χ3n) is 3.85. The maximum atomic E-state index is 3.70. The molecule has 1 N–H and O–H groups in total. The molecule has 0 saturated heterocycles. The van der Waals surface area contributed by atoms with Gasteiger partial charge in [-0.3, -0.25) is 0 Å². The first-order valence-corrected chi connectivity index (χ1v) is 8.17. The van der Waals surface area contributed by atoms with Gasteiger partial charge in [0.2, 0.25) is 0 Å². The highest BCUT2D eigenvalue weighted by molar-refractivity contribution is 7.10. The summed E-state index contributed by atoms with van der Waals surface area (Å²) < 4.78 is 0. The Bertz CT molecular complexity index is 557. The molecular formula is C17H22N2S. The van der Waals surface area contributed by atoms with Gasteiger partial charge in [0.05, 0.1) is 6.04 Å². The molecule has 1 atom stereocenters. The predicted molar refractivity (Wildman–Crippen MR) is 87.5 cm³/mol. The molecule has 1 aromatic carbocycles. The normalized spacial score (nSPS) is 18.1. The van der Waals surface area contributed by atoms with Crippen molar-refractivity contribution in [1.29, 1.82) is 0 Å². The number of benzene rings is 1. The van der Waals surface area contributed by atoms with E-state index in [0.29, 0.717) is 6.04 Å². The molecule has 2 aromatic rings. The molecule has 0 spiro atoms. The van der Waals surface area contributed by atoms with Crippen LogP contribution in [-0.4, -0.2) is 19.0 Å². The molecule has 0 saturated carbocycles. The molecule has 1 aliphatic carbocycles. The van der Waals surface area contributed by atoms with Gasteiger partial charge in [0.25, 0.3) is 0 Å². The minimum absolute atomic E-state index is 0.490. The highest BCUT2D eigenvalue weighted by atomic mass is 32.1. The van der Waals surface area contributed by atoms with Crippen molar-refractivity contribution in [1.82, 2.24) is 4.90 Å². The van der Waals surface area contributed by atoms with Crippen LogP contribution in [0.2, 0.25) is 0 Å². The van der Waals surface area contributed by atoms with Crippen LogP contribution in [0, 0.1) is 0 Å². The van der Waals surface area contributed by atoms with Gasteiger partial charge in [-0.1, -0.05) is 12.1 Å². The summed E-state index contributed by atoms with van der Waals surface area (Å²) in [5.74, 6) is 0. The molecule has 0 aliphatic heterocycles. The molecular weight excluding hydrogens is 264 g/mol. The first-order chi connectivity index (χ1) is 9.72. The van der Waals surface area contributed by atoms with Gasteiger partial charge >= 0.3 is 0 Å². The second-order valence-electron chi connectivity index (χ2n) is 5.82. The number of anilines is 1. The molecule has 106 valence electrons. The summed E-state index contributed by atoms with van der Waals surface area (Å²) in [4.78, 5) is 3.76. The van der Waals surface area contributed by atoms with Gasteiger partial charge in [0, 0.05) is 17.1 Å². The largest absolute Gasteiger partial charge is 0.378 e. The van der Waals surface area contributed by atoms with Crippen molar-refractivity contribution < 1.29 is 0 Å². The molecule has 1 unspecified atom stereocenters. The quantitative estimate of drug-likeness (QED) is 0.901. The molecule has 0 amide bonds. The Kier molecular flexibility index (Phi) is 4.08. The number of nitrogens with one attached hydrogen (secondary N) is 1.